The van der Waals surface area contributed by atoms with Crippen molar-refractivity contribution < 1.29 is 9.90 Å². The normalized spacial score (nSPS) is 11.8. The molecule has 0 amide bonds. The Morgan fingerprint density at radius 1 is 1.25 bits per heavy atom. The maximum Gasteiger partial charge on any atom is 0.335 e. The fourth-order valence-electron chi connectivity index (χ4n) is 2.74. The molecule has 3 heteroatoms. The summed E-state index contributed by atoms with van der Waals surface area (Å²) in [6.07, 6.45) is 3.09. The van der Waals surface area contributed by atoms with Crippen molar-refractivity contribution in [2.45, 2.75) is 53.0 Å². The number of aromatic nitrogens is 1. The summed E-state index contributed by atoms with van der Waals surface area (Å²) >= 11 is 0. The lowest BCUT2D eigenvalue weighted by Crippen LogP contribution is -2.04. The van der Waals surface area contributed by atoms with E-state index in [0.717, 1.165) is 17.4 Å². The zero-order valence-electron chi connectivity index (χ0n) is 12.9. The number of benzene rings is 1. The van der Waals surface area contributed by atoms with Crippen molar-refractivity contribution in [1.29, 1.82) is 0 Å². The van der Waals surface area contributed by atoms with Crippen molar-refractivity contribution in [3.63, 3.8) is 0 Å². The standard InChI is InChI=1S/C17H23NO2/c1-6-12-9-18(11(4)5)16-14(10(2)3)7-13(17(19)20)8-15(12)16/h7-11H,6H2,1-5H3,(H,19,20). The molecule has 1 heterocycles. The molecule has 3 nitrogen and oxygen atoms in total. The van der Waals surface area contributed by atoms with Crippen LogP contribution >= 0.6 is 0 Å². The maximum atomic E-state index is 11.4. The molecular weight excluding hydrogens is 250 g/mol. The Morgan fingerprint density at radius 2 is 1.90 bits per heavy atom. The van der Waals surface area contributed by atoms with E-state index in [1.807, 2.05) is 12.1 Å². The summed E-state index contributed by atoms with van der Waals surface area (Å²) < 4.78 is 2.27. The fourth-order valence-corrected chi connectivity index (χ4v) is 2.74. The number of hydrogen-bond donors (Lipinski definition) is 1. The van der Waals surface area contributed by atoms with Gasteiger partial charge in [0.25, 0.3) is 0 Å². The van der Waals surface area contributed by atoms with Gasteiger partial charge in [0, 0.05) is 17.6 Å². The van der Waals surface area contributed by atoms with E-state index in [0.29, 0.717) is 17.5 Å². The highest BCUT2D eigenvalue weighted by Gasteiger charge is 2.18. The van der Waals surface area contributed by atoms with Gasteiger partial charge >= 0.3 is 5.97 Å². The highest BCUT2D eigenvalue weighted by Crippen LogP contribution is 2.33. The largest absolute Gasteiger partial charge is 0.478 e. The number of nitrogens with zero attached hydrogens (tertiary/aromatic N) is 1. The van der Waals surface area contributed by atoms with Gasteiger partial charge in [-0.3, -0.25) is 0 Å². The first-order chi connectivity index (χ1) is 9.36. The van der Waals surface area contributed by atoms with E-state index in [-0.39, 0.29) is 0 Å². The Morgan fingerprint density at radius 3 is 2.35 bits per heavy atom. The molecule has 0 radical (unpaired) electrons. The summed E-state index contributed by atoms with van der Waals surface area (Å²) in [5.41, 5.74) is 3.92. The summed E-state index contributed by atoms with van der Waals surface area (Å²) in [5, 5.41) is 10.4. The monoisotopic (exact) mass is 273 g/mol. The summed E-state index contributed by atoms with van der Waals surface area (Å²) in [4.78, 5) is 11.4. The van der Waals surface area contributed by atoms with E-state index in [9.17, 15) is 9.90 Å². The van der Waals surface area contributed by atoms with Crippen LogP contribution in [0.4, 0.5) is 0 Å². The molecule has 0 saturated carbocycles. The van der Waals surface area contributed by atoms with Crippen LogP contribution < -0.4 is 0 Å². The van der Waals surface area contributed by atoms with Gasteiger partial charge in [0.15, 0.2) is 0 Å². The smallest absolute Gasteiger partial charge is 0.335 e. The molecule has 0 aliphatic heterocycles. The average molecular weight is 273 g/mol. The predicted molar refractivity (Wildman–Crippen MR) is 82.7 cm³/mol. The van der Waals surface area contributed by atoms with Crippen LogP contribution in [0.15, 0.2) is 18.3 Å². The Bertz CT molecular complexity index is 651. The van der Waals surface area contributed by atoms with Crippen LogP contribution in [0.2, 0.25) is 0 Å². The lowest BCUT2D eigenvalue weighted by atomic mass is 9.96. The lowest BCUT2D eigenvalue weighted by Gasteiger charge is -2.15. The fraction of sp³-hybridized carbons (Fsp3) is 0.471. The zero-order chi connectivity index (χ0) is 15.0. The second kappa shape index (κ2) is 5.31. The van der Waals surface area contributed by atoms with E-state index in [1.54, 1.807) is 0 Å². The molecule has 1 N–H and O–H groups in total. The molecule has 0 aliphatic carbocycles. The summed E-state index contributed by atoms with van der Waals surface area (Å²) in [6, 6.07) is 4.01. The van der Waals surface area contributed by atoms with Crippen LogP contribution in [0.25, 0.3) is 10.9 Å². The van der Waals surface area contributed by atoms with E-state index < -0.39 is 5.97 Å². The van der Waals surface area contributed by atoms with Crippen molar-refractivity contribution in [3.05, 3.63) is 35.0 Å². The minimum absolute atomic E-state index is 0.300. The Balaban J connectivity index is 2.90. The maximum absolute atomic E-state index is 11.4. The molecule has 0 saturated heterocycles. The van der Waals surface area contributed by atoms with Crippen molar-refractivity contribution in [1.82, 2.24) is 4.57 Å². The predicted octanol–water partition coefficient (Wildman–Crippen LogP) is 4.61. The van der Waals surface area contributed by atoms with Crippen LogP contribution in [0.3, 0.4) is 0 Å². The van der Waals surface area contributed by atoms with Crippen molar-refractivity contribution >= 4 is 16.9 Å². The molecule has 0 bridgehead atoms. The summed E-state index contributed by atoms with van der Waals surface area (Å²) in [6.45, 7) is 10.7. The van der Waals surface area contributed by atoms with Crippen LogP contribution in [0.5, 0.6) is 0 Å². The van der Waals surface area contributed by atoms with Gasteiger partial charge in [0.2, 0.25) is 0 Å². The number of rotatable bonds is 4. The molecular formula is C17H23NO2. The van der Waals surface area contributed by atoms with Crippen LogP contribution in [-0.2, 0) is 6.42 Å². The van der Waals surface area contributed by atoms with Crippen LogP contribution in [0, 0.1) is 0 Å². The highest BCUT2D eigenvalue weighted by atomic mass is 16.4. The third-order valence-corrected chi connectivity index (χ3v) is 3.84. The molecule has 0 aliphatic rings. The van der Waals surface area contributed by atoms with Gasteiger partial charge in [-0.2, -0.15) is 0 Å². The average Bonchev–Trinajstić information content (AvgIpc) is 2.75. The molecule has 2 aromatic rings. The molecule has 20 heavy (non-hydrogen) atoms. The van der Waals surface area contributed by atoms with Gasteiger partial charge in [-0.1, -0.05) is 20.8 Å². The van der Waals surface area contributed by atoms with Gasteiger partial charge < -0.3 is 9.67 Å². The second-order valence-electron chi connectivity index (χ2n) is 5.93. The third-order valence-electron chi connectivity index (χ3n) is 3.84. The minimum Gasteiger partial charge on any atom is -0.478 e. The number of carboxylic acids is 1. The van der Waals surface area contributed by atoms with Crippen LogP contribution in [0.1, 0.15) is 68.1 Å². The second-order valence-corrected chi connectivity index (χ2v) is 5.93. The van der Waals surface area contributed by atoms with Gasteiger partial charge in [0.05, 0.1) is 11.1 Å². The summed E-state index contributed by atoms with van der Waals surface area (Å²) in [5.74, 6) is -0.554. The lowest BCUT2D eigenvalue weighted by molar-refractivity contribution is 0.0697. The molecule has 0 atom stereocenters. The topological polar surface area (TPSA) is 42.2 Å². The van der Waals surface area contributed by atoms with E-state index in [2.05, 4.69) is 45.4 Å². The van der Waals surface area contributed by atoms with Crippen LogP contribution in [-0.4, -0.2) is 15.6 Å². The highest BCUT2D eigenvalue weighted by molar-refractivity contribution is 5.97. The van der Waals surface area contributed by atoms with Gasteiger partial charge in [0.1, 0.15) is 0 Å². The molecule has 0 spiro atoms. The van der Waals surface area contributed by atoms with Crippen molar-refractivity contribution in [2.24, 2.45) is 0 Å². The first kappa shape index (κ1) is 14.6. The zero-order valence-corrected chi connectivity index (χ0v) is 12.9. The van der Waals surface area contributed by atoms with Gasteiger partial charge in [-0.25, -0.2) is 4.79 Å². The molecule has 0 fully saturated rings. The van der Waals surface area contributed by atoms with Gasteiger partial charge in [-0.15, -0.1) is 0 Å². The number of carboxylic acid groups (broad SMARTS) is 1. The quantitative estimate of drug-likeness (QED) is 0.884. The Kier molecular flexibility index (Phi) is 3.89. The molecule has 108 valence electrons. The third kappa shape index (κ3) is 2.33. The van der Waals surface area contributed by atoms with E-state index in [4.69, 9.17) is 0 Å². The number of fused-ring (bicyclic) bond motifs is 1. The van der Waals surface area contributed by atoms with Crippen molar-refractivity contribution in [2.75, 3.05) is 0 Å². The molecule has 0 unspecified atom stereocenters. The Hall–Kier alpha value is -1.77. The van der Waals surface area contributed by atoms with E-state index >= 15 is 0 Å². The molecule has 1 aromatic heterocycles. The Labute approximate surface area is 120 Å². The first-order valence-corrected chi connectivity index (χ1v) is 7.27. The molecule has 2 rings (SSSR count). The summed E-state index contributed by atoms with van der Waals surface area (Å²) in [7, 11) is 0. The minimum atomic E-state index is -0.854. The molecule has 1 aromatic carbocycles. The van der Waals surface area contributed by atoms with Crippen molar-refractivity contribution in [3.8, 4) is 0 Å². The number of hydrogen-bond acceptors (Lipinski definition) is 1. The number of aromatic carboxylic acids is 1. The van der Waals surface area contributed by atoms with Gasteiger partial charge in [-0.05, 0) is 49.4 Å². The van der Waals surface area contributed by atoms with E-state index in [1.165, 1.54) is 11.1 Å². The number of aryl methyl sites for hydroxylation is 1. The number of carbonyl (C=O) groups is 1. The SMILES string of the molecule is CCc1cn(C(C)C)c2c(C(C)C)cc(C(=O)O)cc12. The first-order valence-electron chi connectivity index (χ1n) is 7.27.